The second kappa shape index (κ2) is 7.63. The molecule has 0 unspecified atom stereocenters. The Labute approximate surface area is 170 Å². The SMILES string of the molecule is Cc1c(Br)c2ccccc2n1CC(=O)Nc1ccc(N2CCNC(=O)C2)nc1. The molecule has 1 aliphatic heterocycles. The van der Waals surface area contributed by atoms with Gasteiger partial charge in [-0.05, 0) is 41.1 Å². The largest absolute Gasteiger partial charge is 0.353 e. The van der Waals surface area contributed by atoms with Crippen molar-refractivity contribution >= 4 is 50.2 Å². The zero-order chi connectivity index (χ0) is 19.7. The number of para-hydroxylation sites is 1. The quantitative estimate of drug-likeness (QED) is 0.652. The van der Waals surface area contributed by atoms with Crippen LogP contribution in [0.15, 0.2) is 47.1 Å². The van der Waals surface area contributed by atoms with E-state index < -0.39 is 0 Å². The summed E-state index contributed by atoms with van der Waals surface area (Å²) in [6.07, 6.45) is 1.62. The van der Waals surface area contributed by atoms with Gasteiger partial charge < -0.3 is 20.1 Å². The number of carbonyl (C=O) groups excluding carboxylic acids is 2. The highest BCUT2D eigenvalue weighted by Crippen LogP contribution is 2.30. The third-order valence-corrected chi connectivity index (χ3v) is 5.85. The van der Waals surface area contributed by atoms with Crippen molar-refractivity contribution in [2.24, 2.45) is 0 Å². The zero-order valence-electron chi connectivity index (χ0n) is 15.4. The van der Waals surface area contributed by atoms with Crippen LogP contribution in [-0.4, -0.2) is 41.0 Å². The highest BCUT2D eigenvalue weighted by Gasteiger charge is 2.18. The molecular weight excluding hydrogens is 422 g/mol. The van der Waals surface area contributed by atoms with Crippen molar-refractivity contribution in [1.82, 2.24) is 14.9 Å². The number of amides is 2. The molecule has 2 aromatic heterocycles. The number of nitrogens with one attached hydrogen (secondary N) is 2. The van der Waals surface area contributed by atoms with Gasteiger partial charge >= 0.3 is 0 Å². The van der Waals surface area contributed by atoms with E-state index in [0.717, 1.165) is 33.4 Å². The van der Waals surface area contributed by atoms with Gasteiger partial charge in [-0.1, -0.05) is 18.2 Å². The first kappa shape index (κ1) is 18.5. The Kier molecular flexibility index (Phi) is 5.04. The van der Waals surface area contributed by atoms with Gasteiger partial charge in [-0.15, -0.1) is 0 Å². The molecule has 0 radical (unpaired) electrons. The molecule has 0 aliphatic carbocycles. The molecule has 1 saturated heterocycles. The van der Waals surface area contributed by atoms with Crippen molar-refractivity contribution in [1.29, 1.82) is 0 Å². The summed E-state index contributed by atoms with van der Waals surface area (Å²) >= 11 is 3.61. The minimum atomic E-state index is -0.122. The summed E-state index contributed by atoms with van der Waals surface area (Å²) in [5.41, 5.74) is 2.65. The van der Waals surface area contributed by atoms with E-state index in [1.165, 1.54) is 0 Å². The Hall–Kier alpha value is -2.87. The fourth-order valence-electron chi connectivity index (χ4n) is 3.42. The molecule has 3 aromatic rings. The lowest BCUT2D eigenvalue weighted by atomic mass is 10.2. The monoisotopic (exact) mass is 441 g/mol. The summed E-state index contributed by atoms with van der Waals surface area (Å²) in [7, 11) is 0. The summed E-state index contributed by atoms with van der Waals surface area (Å²) in [5, 5.41) is 6.77. The molecule has 4 rings (SSSR count). The maximum absolute atomic E-state index is 12.6. The molecule has 28 heavy (non-hydrogen) atoms. The van der Waals surface area contributed by atoms with E-state index in [2.05, 4.69) is 31.5 Å². The number of aromatic nitrogens is 2. The third kappa shape index (κ3) is 3.60. The maximum atomic E-state index is 12.6. The fraction of sp³-hybridized carbons (Fsp3) is 0.250. The number of rotatable bonds is 4. The van der Waals surface area contributed by atoms with Gasteiger partial charge in [0.15, 0.2) is 0 Å². The van der Waals surface area contributed by atoms with Crippen molar-refractivity contribution in [2.75, 3.05) is 29.9 Å². The predicted molar refractivity (Wildman–Crippen MR) is 112 cm³/mol. The van der Waals surface area contributed by atoms with Crippen LogP contribution >= 0.6 is 15.9 Å². The Morgan fingerprint density at radius 2 is 2.11 bits per heavy atom. The van der Waals surface area contributed by atoms with Crippen LogP contribution in [-0.2, 0) is 16.1 Å². The molecule has 3 heterocycles. The number of pyridine rings is 1. The number of piperazine rings is 1. The normalized spacial score (nSPS) is 14.2. The van der Waals surface area contributed by atoms with E-state index in [4.69, 9.17) is 0 Å². The van der Waals surface area contributed by atoms with Crippen LogP contribution in [0, 0.1) is 6.92 Å². The van der Waals surface area contributed by atoms with Gasteiger partial charge in [-0.25, -0.2) is 4.98 Å². The van der Waals surface area contributed by atoms with Gasteiger partial charge in [0.2, 0.25) is 11.8 Å². The van der Waals surface area contributed by atoms with Gasteiger partial charge in [-0.2, -0.15) is 0 Å². The van der Waals surface area contributed by atoms with Gasteiger partial charge in [-0.3, -0.25) is 9.59 Å². The average molecular weight is 442 g/mol. The molecule has 0 spiro atoms. The molecule has 0 atom stereocenters. The minimum Gasteiger partial charge on any atom is -0.353 e. The smallest absolute Gasteiger partial charge is 0.244 e. The molecule has 1 aromatic carbocycles. The summed E-state index contributed by atoms with van der Waals surface area (Å²) in [5.74, 6) is 0.596. The Morgan fingerprint density at radius 3 is 2.86 bits per heavy atom. The Balaban J connectivity index is 1.46. The molecule has 144 valence electrons. The first-order chi connectivity index (χ1) is 13.5. The summed E-state index contributed by atoms with van der Waals surface area (Å²) < 4.78 is 3.00. The van der Waals surface area contributed by atoms with Crippen LogP contribution < -0.4 is 15.5 Å². The van der Waals surface area contributed by atoms with Gasteiger partial charge in [0, 0.05) is 34.2 Å². The Morgan fingerprint density at radius 1 is 1.29 bits per heavy atom. The first-order valence-corrected chi connectivity index (χ1v) is 9.83. The number of carbonyl (C=O) groups is 2. The maximum Gasteiger partial charge on any atom is 0.244 e. The lowest BCUT2D eigenvalue weighted by Gasteiger charge is -2.27. The molecule has 1 fully saturated rings. The second-order valence-electron chi connectivity index (χ2n) is 6.73. The molecule has 7 nitrogen and oxygen atoms in total. The number of hydrogen-bond donors (Lipinski definition) is 2. The summed E-state index contributed by atoms with van der Waals surface area (Å²) in [6.45, 7) is 3.83. The number of fused-ring (bicyclic) bond motifs is 1. The van der Waals surface area contributed by atoms with E-state index in [1.54, 1.807) is 6.20 Å². The van der Waals surface area contributed by atoms with Crippen LogP contribution in [0.4, 0.5) is 11.5 Å². The van der Waals surface area contributed by atoms with E-state index in [-0.39, 0.29) is 18.4 Å². The van der Waals surface area contributed by atoms with Crippen LogP contribution in [0.2, 0.25) is 0 Å². The third-order valence-electron chi connectivity index (χ3n) is 4.85. The van der Waals surface area contributed by atoms with Crippen LogP contribution in [0.3, 0.4) is 0 Å². The van der Waals surface area contributed by atoms with Crippen molar-refractivity contribution in [3.05, 3.63) is 52.8 Å². The van der Waals surface area contributed by atoms with Crippen molar-refractivity contribution in [2.45, 2.75) is 13.5 Å². The van der Waals surface area contributed by atoms with Crippen molar-refractivity contribution in [3.63, 3.8) is 0 Å². The van der Waals surface area contributed by atoms with Gasteiger partial charge in [0.05, 0.1) is 18.4 Å². The van der Waals surface area contributed by atoms with E-state index in [9.17, 15) is 9.59 Å². The number of nitrogens with zero attached hydrogens (tertiary/aromatic N) is 3. The molecular formula is C20H20BrN5O2. The highest BCUT2D eigenvalue weighted by molar-refractivity contribution is 9.10. The van der Waals surface area contributed by atoms with Gasteiger partial charge in [0.25, 0.3) is 0 Å². The van der Waals surface area contributed by atoms with Crippen LogP contribution in [0.5, 0.6) is 0 Å². The van der Waals surface area contributed by atoms with E-state index >= 15 is 0 Å². The standard InChI is InChI=1S/C20H20BrN5O2/c1-13-20(21)15-4-2-3-5-16(15)26(13)12-19(28)24-14-6-7-17(23-10-14)25-9-8-22-18(27)11-25/h2-7,10H,8-9,11-12H2,1H3,(H,22,27)(H,24,28). The predicted octanol–water partition coefficient (Wildman–Crippen LogP) is 2.68. The van der Waals surface area contributed by atoms with Crippen molar-refractivity contribution in [3.8, 4) is 0 Å². The molecule has 0 saturated carbocycles. The van der Waals surface area contributed by atoms with Gasteiger partial charge in [0.1, 0.15) is 12.4 Å². The zero-order valence-corrected chi connectivity index (χ0v) is 17.0. The lowest BCUT2D eigenvalue weighted by molar-refractivity contribution is -0.120. The number of anilines is 2. The summed E-state index contributed by atoms with van der Waals surface area (Å²) in [4.78, 5) is 30.4. The van der Waals surface area contributed by atoms with Crippen molar-refractivity contribution < 1.29 is 9.59 Å². The average Bonchev–Trinajstić information content (AvgIpc) is 2.94. The molecule has 2 amide bonds. The number of benzene rings is 1. The lowest BCUT2D eigenvalue weighted by Crippen LogP contribution is -2.48. The van der Waals surface area contributed by atoms with E-state index in [1.807, 2.05) is 52.8 Å². The first-order valence-electron chi connectivity index (χ1n) is 9.04. The Bertz CT molecular complexity index is 1040. The van der Waals surface area contributed by atoms with Crippen LogP contribution in [0.25, 0.3) is 10.9 Å². The highest BCUT2D eigenvalue weighted by atomic mass is 79.9. The topological polar surface area (TPSA) is 79.3 Å². The molecule has 1 aliphatic rings. The molecule has 0 bridgehead atoms. The molecule has 8 heteroatoms. The fourth-order valence-corrected chi connectivity index (χ4v) is 3.97. The van der Waals surface area contributed by atoms with E-state index in [0.29, 0.717) is 18.8 Å². The second-order valence-corrected chi connectivity index (χ2v) is 7.52. The minimum absolute atomic E-state index is 0.00842. The van der Waals surface area contributed by atoms with Crippen LogP contribution in [0.1, 0.15) is 5.69 Å². The number of hydrogen-bond acceptors (Lipinski definition) is 4. The summed E-state index contributed by atoms with van der Waals surface area (Å²) in [6, 6.07) is 11.6. The number of halogens is 1. The molecule has 2 N–H and O–H groups in total.